The molecule has 0 amide bonds. The average molecular weight is 448 g/mol. The van der Waals surface area contributed by atoms with Gasteiger partial charge in [0.15, 0.2) is 11.0 Å². The van der Waals surface area contributed by atoms with Gasteiger partial charge in [-0.1, -0.05) is 11.6 Å². The Morgan fingerprint density at radius 3 is 2.81 bits per heavy atom. The van der Waals surface area contributed by atoms with Crippen LogP contribution in [0.15, 0.2) is 0 Å². The number of ether oxygens (including phenoxy) is 2. The van der Waals surface area contributed by atoms with Crippen LogP contribution >= 0.6 is 11.6 Å². The Kier molecular flexibility index (Phi) is 4.92. The molecule has 6 heterocycles. The number of hydrogen-bond acceptors (Lipinski definition) is 7. The number of rotatable bonds is 3. The van der Waals surface area contributed by atoms with Crippen LogP contribution < -0.4 is 9.64 Å². The van der Waals surface area contributed by atoms with Crippen molar-refractivity contribution in [2.45, 2.75) is 56.5 Å². The van der Waals surface area contributed by atoms with Gasteiger partial charge in [-0.3, -0.25) is 4.90 Å². The Labute approximate surface area is 185 Å². The van der Waals surface area contributed by atoms with Crippen LogP contribution in [0.3, 0.4) is 0 Å². The van der Waals surface area contributed by atoms with Gasteiger partial charge in [0, 0.05) is 13.2 Å². The Morgan fingerprint density at radius 2 is 1.97 bits per heavy atom. The van der Waals surface area contributed by atoms with E-state index in [1.165, 1.54) is 12.8 Å². The second-order valence-electron chi connectivity index (χ2n) is 9.24. The Hall–Kier alpha value is -1.77. The second kappa shape index (κ2) is 7.67. The van der Waals surface area contributed by atoms with E-state index < -0.39 is 5.82 Å². The van der Waals surface area contributed by atoms with Crippen LogP contribution in [-0.4, -0.2) is 70.9 Å². The fraction of sp³-hybridized carbons (Fsp3) is 0.682. The first kappa shape index (κ1) is 19.9. The number of halogens is 2. The van der Waals surface area contributed by atoms with Crippen molar-refractivity contribution in [2.75, 3.05) is 44.4 Å². The Balaban J connectivity index is 1.43. The van der Waals surface area contributed by atoms with Crippen LogP contribution in [0.25, 0.3) is 10.9 Å². The summed E-state index contributed by atoms with van der Waals surface area (Å²) in [5.41, 5.74) is 1.05. The molecule has 0 radical (unpaired) electrons. The van der Waals surface area contributed by atoms with E-state index in [1.807, 2.05) is 0 Å². The molecule has 7 nitrogen and oxygen atoms in total. The normalized spacial score (nSPS) is 25.2. The van der Waals surface area contributed by atoms with Crippen molar-refractivity contribution < 1.29 is 13.9 Å². The lowest BCUT2D eigenvalue weighted by atomic mass is 9.95. The fourth-order valence-electron chi connectivity index (χ4n) is 5.94. The number of pyridine rings is 1. The van der Waals surface area contributed by atoms with E-state index in [0.29, 0.717) is 30.8 Å². The minimum atomic E-state index is -0.597. The van der Waals surface area contributed by atoms with Crippen molar-refractivity contribution >= 4 is 28.3 Å². The van der Waals surface area contributed by atoms with Crippen molar-refractivity contribution in [1.29, 1.82) is 0 Å². The fourth-order valence-corrected chi connectivity index (χ4v) is 6.13. The van der Waals surface area contributed by atoms with Gasteiger partial charge in [0.2, 0.25) is 0 Å². The Morgan fingerprint density at radius 1 is 1.13 bits per heavy atom. The van der Waals surface area contributed by atoms with Crippen LogP contribution in [0.2, 0.25) is 5.15 Å². The lowest BCUT2D eigenvalue weighted by Gasteiger charge is -2.32. The Bertz CT molecular complexity index is 1010. The van der Waals surface area contributed by atoms with E-state index in [4.69, 9.17) is 26.1 Å². The molecule has 4 aliphatic rings. The van der Waals surface area contributed by atoms with Gasteiger partial charge in [-0.25, -0.2) is 9.37 Å². The molecule has 2 aromatic rings. The van der Waals surface area contributed by atoms with Gasteiger partial charge < -0.3 is 14.4 Å². The van der Waals surface area contributed by atoms with Crippen molar-refractivity contribution in [1.82, 2.24) is 19.9 Å². The SMILES string of the molecule is Fc1c(Cl)nc2c3c(nc(OCC45CCCN4CCC5)nc13)N1CCCOC[C@@H]1CC2. The highest BCUT2D eigenvalue weighted by atomic mass is 35.5. The molecule has 1 atom stereocenters. The summed E-state index contributed by atoms with van der Waals surface area (Å²) in [4.78, 5) is 18.5. The lowest BCUT2D eigenvalue weighted by molar-refractivity contribution is 0.108. The number of aromatic nitrogens is 3. The van der Waals surface area contributed by atoms with Crippen molar-refractivity contribution in [3.8, 4) is 6.01 Å². The molecule has 0 saturated carbocycles. The minimum absolute atomic E-state index is 0.0744. The molecule has 0 aromatic carbocycles. The predicted octanol–water partition coefficient (Wildman–Crippen LogP) is 3.37. The van der Waals surface area contributed by atoms with Gasteiger partial charge >= 0.3 is 6.01 Å². The first-order valence-electron chi connectivity index (χ1n) is 11.4. The van der Waals surface area contributed by atoms with Gasteiger partial charge in [-0.2, -0.15) is 9.97 Å². The summed E-state index contributed by atoms with van der Waals surface area (Å²) in [6.07, 6.45) is 7.10. The molecular weight excluding hydrogens is 421 g/mol. The first-order chi connectivity index (χ1) is 15.1. The van der Waals surface area contributed by atoms with E-state index in [1.54, 1.807) is 0 Å². The van der Waals surface area contributed by atoms with E-state index in [9.17, 15) is 0 Å². The molecule has 166 valence electrons. The van der Waals surface area contributed by atoms with Gasteiger partial charge in [-0.05, 0) is 58.0 Å². The van der Waals surface area contributed by atoms with Crippen LogP contribution in [0.4, 0.5) is 10.2 Å². The third kappa shape index (κ3) is 3.26. The molecule has 31 heavy (non-hydrogen) atoms. The summed E-state index contributed by atoms with van der Waals surface area (Å²) >= 11 is 6.15. The highest BCUT2D eigenvalue weighted by Gasteiger charge is 2.45. The number of nitrogens with zero attached hydrogens (tertiary/aromatic N) is 5. The molecule has 0 bridgehead atoms. The summed E-state index contributed by atoms with van der Waals surface area (Å²) in [7, 11) is 0. The molecule has 0 unspecified atom stereocenters. The lowest BCUT2D eigenvalue weighted by Crippen LogP contribution is -2.43. The van der Waals surface area contributed by atoms with E-state index >= 15 is 4.39 Å². The summed E-state index contributed by atoms with van der Waals surface area (Å²) in [5, 5.41) is 0.531. The zero-order chi connectivity index (χ0) is 21.0. The molecule has 3 fully saturated rings. The van der Waals surface area contributed by atoms with Crippen molar-refractivity contribution in [2.24, 2.45) is 0 Å². The zero-order valence-corrected chi connectivity index (χ0v) is 18.3. The maximum absolute atomic E-state index is 15.1. The van der Waals surface area contributed by atoms with Gasteiger partial charge in [0.25, 0.3) is 0 Å². The molecule has 0 spiro atoms. The monoisotopic (exact) mass is 447 g/mol. The van der Waals surface area contributed by atoms with Crippen LogP contribution in [0.5, 0.6) is 6.01 Å². The van der Waals surface area contributed by atoms with E-state index in [-0.39, 0.29) is 28.3 Å². The largest absolute Gasteiger partial charge is 0.461 e. The molecule has 2 aromatic heterocycles. The van der Waals surface area contributed by atoms with Crippen molar-refractivity contribution in [3.63, 3.8) is 0 Å². The van der Waals surface area contributed by atoms with Crippen LogP contribution in [0, 0.1) is 5.82 Å². The van der Waals surface area contributed by atoms with Crippen molar-refractivity contribution in [3.05, 3.63) is 16.7 Å². The maximum Gasteiger partial charge on any atom is 0.319 e. The maximum atomic E-state index is 15.1. The minimum Gasteiger partial charge on any atom is -0.461 e. The first-order valence-corrected chi connectivity index (χ1v) is 11.8. The molecule has 0 N–H and O–H groups in total. The predicted molar refractivity (Wildman–Crippen MR) is 115 cm³/mol. The number of fused-ring (bicyclic) bond motifs is 3. The zero-order valence-electron chi connectivity index (χ0n) is 17.6. The second-order valence-corrected chi connectivity index (χ2v) is 9.60. The summed E-state index contributed by atoms with van der Waals surface area (Å²) in [6, 6.07) is 0.400. The summed E-state index contributed by atoms with van der Waals surface area (Å²) < 4.78 is 27.1. The molecule has 3 saturated heterocycles. The molecular formula is C22H27ClFN5O2. The standard InChI is InChI=1S/C22H27ClFN5O2/c23-19-17(24)18-16-15(25-19)5-4-14-12-30-11-3-10-29(14)20(16)27-21(26-18)31-13-22-6-1-8-28(22)9-2-7-22/h14H,1-13H2/t14-/m0/s1. The van der Waals surface area contributed by atoms with Crippen LogP contribution in [-0.2, 0) is 11.2 Å². The smallest absolute Gasteiger partial charge is 0.319 e. The van der Waals surface area contributed by atoms with Crippen LogP contribution in [0.1, 0.15) is 44.2 Å². The topological polar surface area (TPSA) is 63.6 Å². The van der Waals surface area contributed by atoms with Gasteiger partial charge in [0.05, 0.1) is 29.3 Å². The molecule has 0 aliphatic carbocycles. The summed E-state index contributed by atoms with van der Waals surface area (Å²) in [6.45, 7) is 4.95. The average Bonchev–Trinajstić information content (AvgIpc) is 3.20. The van der Waals surface area contributed by atoms with E-state index in [2.05, 4.69) is 19.8 Å². The third-order valence-corrected chi connectivity index (χ3v) is 7.74. The number of anilines is 1. The van der Waals surface area contributed by atoms with Gasteiger partial charge in [0.1, 0.15) is 17.9 Å². The summed E-state index contributed by atoms with van der Waals surface area (Å²) in [5.74, 6) is 0.109. The highest BCUT2D eigenvalue weighted by Crippen LogP contribution is 2.40. The molecule has 4 aliphatic heterocycles. The number of aryl methyl sites for hydroxylation is 1. The molecule has 9 heteroatoms. The molecule has 6 rings (SSSR count). The van der Waals surface area contributed by atoms with Gasteiger partial charge in [-0.15, -0.1) is 0 Å². The highest BCUT2D eigenvalue weighted by molar-refractivity contribution is 6.30. The quantitative estimate of drug-likeness (QED) is 0.668. The third-order valence-electron chi connectivity index (χ3n) is 7.49. The number of hydrogen-bond donors (Lipinski definition) is 0. The van der Waals surface area contributed by atoms with E-state index in [0.717, 1.165) is 57.6 Å².